The highest BCUT2D eigenvalue weighted by atomic mass is 16.5. The molecule has 0 spiro atoms. The number of piperidine rings is 1. The van der Waals surface area contributed by atoms with Crippen molar-refractivity contribution in [2.45, 2.75) is 25.8 Å². The first-order chi connectivity index (χ1) is 12.1. The Bertz CT molecular complexity index is 778. The molecule has 0 radical (unpaired) electrons. The van der Waals surface area contributed by atoms with Crippen LogP contribution < -0.4 is 10.4 Å². The largest absolute Gasteiger partial charge is 0.497 e. The Kier molecular flexibility index (Phi) is 5.21. The zero-order valence-corrected chi connectivity index (χ0v) is 14.7. The van der Waals surface area contributed by atoms with E-state index in [1.165, 1.54) is 21.1 Å². The van der Waals surface area contributed by atoms with E-state index in [1.54, 1.807) is 14.2 Å². The molecule has 0 aliphatic carbocycles. The molecule has 1 aromatic carbocycles. The number of methoxy groups -OCH3 is 1. The lowest BCUT2D eigenvalue weighted by Crippen LogP contribution is -2.43. The molecule has 0 bridgehead atoms. The van der Waals surface area contributed by atoms with Crippen LogP contribution in [0.5, 0.6) is 5.75 Å². The fourth-order valence-electron chi connectivity index (χ4n) is 3.31. The van der Waals surface area contributed by atoms with Gasteiger partial charge in [-0.25, -0.2) is 9.48 Å². The van der Waals surface area contributed by atoms with Crippen LogP contribution >= 0.6 is 0 Å². The number of nitrogens with zero attached hydrogens (tertiary/aromatic N) is 4. The lowest BCUT2D eigenvalue weighted by atomic mass is 9.91. The van der Waals surface area contributed by atoms with E-state index in [9.17, 15) is 9.59 Å². The molecule has 1 aromatic heterocycles. The van der Waals surface area contributed by atoms with E-state index in [4.69, 9.17) is 4.74 Å². The number of aromatic nitrogens is 3. The van der Waals surface area contributed by atoms with E-state index in [-0.39, 0.29) is 18.1 Å². The summed E-state index contributed by atoms with van der Waals surface area (Å²) >= 11 is 0. The SMILES string of the molecule is COc1ccc(CC2CCCN(C(=O)Cn3ncn(C)c3=O)C2)cc1. The summed E-state index contributed by atoms with van der Waals surface area (Å²) in [4.78, 5) is 26.2. The number of likely N-dealkylation sites (tertiary alicyclic amines) is 1. The van der Waals surface area contributed by atoms with E-state index >= 15 is 0 Å². The predicted molar refractivity (Wildman–Crippen MR) is 93.5 cm³/mol. The molecule has 1 fully saturated rings. The molecule has 1 amide bonds. The monoisotopic (exact) mass is 344 g/mol. The minimum atomic E-state index is -0.264. The smallest absolute Gasteiger partial charge is 0.345 e. The van der Waals surface area contributed by atoms with Crippen LogP contribution in [0.25, 0.3) is 0 Å². The standard InChI is InChI=1S/C18H24N4O3/c1-20-13-19-22(18(20)24)12-17(23)21-9-3-4-15(11-21)10-14-5-7-16(25-2)8-6-14/h5-8,13,15H,3-4,9-12H2,1-2H3. The number of rotatable bonds is 5. The maximum Gasteiger partial charge on any atom is 0.345 e. The molecule has 0 saturated carbocycles. The van der Waals surface area contributed by atoms with Crippen LogP contribution in [0.1, 0.15) is 18.4 Å². The van der Waals surface area contributed by atoms with Crippen LogP contribution in [0.4, 0.5) is 0 Å². The van der Waals surface area contributed by atoms with Crippen molar-refractivity contribution in [2.24, 2.45) is 13.0 Å². The van der Waals surface area contributed by atoms with Crippen LogP contribution in [0.3, 0.4) is 0 Å². The molecular weight excluding hydrogens is 320 g/mol. The highest BCUT2D eigenvalue weighted by Crippen LogP contribution is 2.22. The molecule has 7 heteroatoms. The van der Waals surface area contributed by atoms with Gasteiger partial charge >= 0.3 is 5.69 Å². The summed E-state index contributed by atoms with van der Waals surface area (Å²) in [7, 11) is 3.29. The molecule has 1 unspecified atom stereocenters. The molecule has 1 atom stereocenters. The zero-order valence-electron chi connectivity index (χ0n) is 14.7. The zero-order chi connectivity index (χ0) is 17.8. The summed E-state index contributed by atoms with van der Waals surface area (Å²) in [6, 6.07) is 8.09. The Balaban J connectivity index is 1.59. The fourth-order valence-corrected chi connectivity index (χ4v) is 3.31. The second kappa shape index (κ2) is 7.55. The summed E-state index contributed by atoms with van der Waals surface area (Å²) < 4.78 is 7.78. The Morgan fingerprint density at radius 3 is 2.72 bits per heavy atom. The molecule has 25 heavy (non-hydrogen) atoms. The van der Waals surface area contributed by atoms with Gasteiger partial charge in [-0.3, -0.25) is 9.36 Å². The minimum Gasteiger partial charge on any atom is -0.497 e. The third-order valence-corrected chi connectivity index (χ3v) is 4.73. The molecule has 2 aromatic rings. The van der Waals surface area contributed by atoms with Gasteiger partial charge in [0.2, 0.25) is 5.91 Å². The van der Waals surface area contributed by atoms with Gasteiger partial charge < -0.3 is 9.64 Å². The van der Waals surface area contributed by atoms with Crippen LogP contribution in [0.15, 0.2) is 35.4 Å². The number of ether oxygens (including phenoxy) is 1. The predicted octanol–water partition coefficient (Wildman–Crippen LogP) is 1.07. The third kappa shape index (κ3) is 4.10. The van der Waals surface area contributed by atoms with E-state index in [0.717, 1.165) is 38.1 Å². The summed E-state index contributed by atoms with van der Waals surface area (Å²) in [5.74, 6) is 1.25. The van der Waals surface area contributed by atoms with Gasteiger partial charge in [-0.15, -0.1) is 0 Å². The van der Waals surface area contributed by atoms with Crippen LogP contribution in [0.2, 0.25) is 0 Å². The number of carbonyl (C=O) groups is 1. The van der Waals surface area contributed by atoms with Crippen molar-refractivity contribution >= 4 is 5.91 Å². The van der Waals surface area contributed by atoms with Crippen molar-refractivity contribution in [3.8, 4) is 5.75 Å². The van der Waals surface area contributed by atoms with E-state index in [0.29, 0.717) is 5.92 Å². The average Bonchev–Trinajstić information content (AvgIpc) is 2.94. The first kappa shape index (κ1) is 17.3. The highest BCUT2D eigenvalue weighted by Gasteiger charge is 2.24. The Hall–Kier alpha value is -2.57. The number of hydrogen-bond acceptors (Lipinski definition) is 4. The van der Waals surface area contributed by atoms with Gasteiger partial charge in [0.25, 0.3) is 0 Å². The Morgan fingerprint density at radius 1 is 1.32 bits per heavy atom. The molecule has 1 aliphatic rings. The first-order valence-corrected chi connectivity index (χ1v) is 8.56. The van der Waals surface area contributed by atoms with E-state index < -0.39 is 0 Å². The van der Waals surface area contributed by atoms with Gasteiger partial charge in [-0.05, 0) is 42.9 Å². The number of benzene rings is 1. The van der Waals surface area contributed by atoms with E-state index in [1.807, 2.05) is 17.0 Å². The van der Waals surface area contributed by atoms with Gasteiger partial charge in [0.1, 0.15) is 18.6 Å². The summed E-state index contributed by atoms with van der Waals surface area (Å²) in [6.45, 7) is 1.49. The van der Waals surface area contributed by atoms with Crippen LogP contribution in [-0.4, -0.2) is 45.4 Å². The van der Waals surface area contributed by atoms with Gasteiger partial charge in [-0.2, -0.15) is 5.10 Å². The van der Waals surface area contributed by atoms with Gasteiger partial charge in [0, 0.05) is 20.1 Å². The number of hydrogen-bond donors (Lipinski definition) is 0. The first-order valence-electron chi connectivity index (χ1n) is 8.56. The fraction of sp³-hybridized carbons (Fsp3) is 0.500. The van der Waals surface area contributed by atoms with Crippen molar-refractivity contribution < 1.29 is 9.53 Å². The van der Waals surface area contributed by atoms with Crippen LogP contribution in [-0.2, 0) is 24.8 Å². The Morgan fingerprint density at radius 2 is 2.08 bits per heavy atom. The summed E-state index contributed by atoms with van der Waals surface area (Å²) in [6.07, 6.45) is 4.47. The number of amides is 1. The normalized spacial score (nSPS) is 17.5. The van der Waals surface area contributed by atoms with Gasteiger partial charge in [0.05, 0.1) is 7.11 Å². The van der Waals surface area contributed by atoms with Crippen molar-refractivity contribution in [2.75, 3.05) is 20.2 Å². The van der Waals surface area contributed by atoms with Crippen molar-refractivity contribution in [1.82, 2.24) is 19.2 Å². The minimum absolute atomic E-state index is 0.00886. The third-order valence-electron chi connectivity index (χ3n) is 4.73. The van der Waals surface area contributed by atoms with Crippen molar-refractivity contribution in [3.63, 3.8) is 0 Å². The Labute approximate surface area is 146 Å². The number of carbonyl (C=O) groups excluding carboxylic acids is 1. The number of aryl methyl sites for hydroxylation is 1. The second-order valence-electron chi connectivity index (χ2n) is 6.58. The lowest BCUT2D eigenvalue weighted by Gasteiger charge is -2.33. The molecular formula is C18H24N4O3. The average molecular weight is 344 g/mol. The molecule has 134 valence electrons. The van der Waals surface area contributed by atoms with Crippen molar-refractivity contribution in [1.29, 1.82) is 0 Å². The molecule has 1 aliphatic heterocycles. The topological polar surface area (TPSA) is 69.4 Å². The van der Waals surface area contributed by atoms with E-state index in [2.05, 4.69) is 17.2 Å². The highest BCUT2D eigenvalue weighted by molar-refractivity contribution is 5.76. The molecule has 2 heterocycles. The maximum atomic E-state index is 12.5. The summed E-state index contributed by atoms with van der Waals surface area (Å²) in [5.41, 5.74) is 0.987. The summed E-state index contributed by atoms with van der Waals surface area (Å²) in [5, 5.41) is 3.96. The molecule has 0 N–H and O–H groups in total. The molecule has 3 rings (SSSR count). The van der Waals surface area contributed by atoms with Crippen LogP contribution in [0, 0.1) is 5.92 Å². The second-order valence-corrected chi connectivity index (χ2v) is 6.58. The van der Waals surface area contributed by atoms with Gasteiger partial charge in [0.15, 0.2) is 0 Å². The molecule has 7 nitrogen and oxygen atoms in total. The maximum absolute atomic E-state index is 12.5. The van der Waals surface area contributed by atoms with Crippen molar-refractivity contribution in [3.05, 3.63) is 46.6 Å². The quantitative estimate of drug-likeness (QED) is 0.814. The van der Waals surface area contributed by atoms with Gasteiger partial charge in [-0.1, -0.05) is 12.1 Å². The molecule has 1 saturated heterocycles. The lowest BCUT2D eigenvalue weighted by molar-refractivity contribution is -0.133.